The molecule has 3 aromatic rings. The van der Waals surface area contributed by atoms with Gasteiger partial charge in [0, 0.05) is 15.4 Å². The van der Waals surface area contributed by atoms with Crippen LogP contribution in [-0.4, -0.2) is 18.5 Å². The second-order valence-electron chi connectivity index (χ2n) is 5.51. The highest BCUT2D eigenvalue weighted by Crippen LogP contribution is 2.21. The highest BCUT2D eigenvalue weighted by Gasteiger charge is 2.15. The molecular weight excluding hydrogens is 322 g/mol. The first-order chi connectivity index (χ1) is 11.5. The van der Waals surface area contributed by atoms with Gasteiger partial charge in [-0.15, -0.1) is 11.3 Å². The number of amides is 1. The summed E-state index contributed by atoms with van der Waals surface area (Å²) < 4.78 is 5.10. The Hall–Kier alpha value is -2.66. The maximum absolute atomic E-state index is 12.0. The minimum absolute atomic E-state index is 0.306. The second kappa shape index (κ2) is 6.84. The fourth-order valence-corrected chi connectivity index (χ4v) is 3.42. The van der Waals surface area contributed by atoms with E-state index in [-0.39, 0.29) is 12.5 Å². The molecule has 0 atom stereocenters. The predicted octanol–water partition coefficient (Wildman–Crippen LogP) is 4.31. The molecule has 3 rings (SSSR count). The van der Waals surface area contributed by atoms with Crippen molar-refractivity contribution in [3.05, 3.63) is 63.8 Å². The summed E-state index contributed by atoms with van der Waals surface area (Å²) >= 11 is 1.53. The van der Waals surface area contributed by atoms with Crippen LogP contribution in [0.2, 0.25) is 0 Å². The average molecular weight is 339 g/mol. The largest absolute Gasteiger partial charge is 0.452 e. The van der Waals surface area contributed by atoms with Crippen molar-refractivity contribution in [1.82, 2.24) is 0 Å². The number of benzene rings is 2. The molecule has 1 amide bonds. The maximum atomic E-state index is 12.0. The molecule has 0 unspecified atom stereocenters. The van der Waals surface area contributed by atoms with E-state index in [1.807, 2.05) is 56.3 Å². The van der Waals surface area contributed by atoms with Gasteiger partial charge < -0.3 is 10.1 Å². The summed E-state index contributed by atoms with van der Waals surface area (Å²) in [6, 6.07) is 15.3. The van der Waals surface area contributed by atoms with Crippen LogP contribution >= 0.6 is 11.3 Å². The van der Waals surface area contributed by atoms with Crippen molar-refractivity contribution in [3.8, 4) is 0 Å². The Kier molecular flexibility index (Phi) is 4.62. The Balaban J connectivity index is 1.60. The number of ether oxygens (including phenoxy) is 1. The van der Waals surface area contributed by atoms with E-state index in [4.69, 9.17) is 4.74 Å². The number of aryl methyl sites for hydroxylation is 2. The van der Waals surface area contributed by atoms with Gasteiger partial charge in [-0.2, -0.15) is 0 Å². The van der Waals surface area contributed by atoms with Gasteiger partial charge in [-0.3, -0.25) is 4.79 Å². The van der Waals surface area contributed by atoms with Crippen molar-refractivity contribution in [2.24, 2.45) is 0 Å². The van der Waals surface area contributed by atoms with E-state index in [0.717, 1.165) is 20.5 Å². The Labute approximate surface area is 144 Å². The minimum Gasteiger partial charge on any atom is -0.452 e. The Morgan fingerprint density at radius 2 is 1.79 bits per heavy atom. The number of hydrogen-bond donors (Lipinski definition) is 1. The summed E-state index contributed by atoms with van der Waals surface area (Å²) in [4.78, 5) is 25.9. The molecule has 1 aromatic heterocycles. The first kappa shape index (κ1) is 16.2. The average Bonchev–Trinajstić information content (AvgIpc) is 2.91. The number of hydrogen-bond acceptors (Lipinski definition) is 4. The van der Waals surface area contributed by atoms with Crippen molar-refractivity contribution >= 4 is 39.7 Å². The summed E-state index contributed by atoms with van der Waals surface area (Å²) in [5.74, 6) is -0.825. The molecule has 0 saturated heterocycles. The molecule has 0 spiro atoms. The molecule has 122 valence electrons. The van der Waals surface area contributed by atoms with Crippen LogP contribution in [0.5, 0.6) is 0 Å². The zero-order valence-electron chi connectivity index (χ0n) is 13.5. The molecule has 0 aliphatic rings. The van der Waals surface area contributed by atoms with Gasteiger partial charge in [0.05, 0.1) is 5.56 Å². The summed E-state index contributed by atoms with van der Waals surface area (Å²) in [6.07, 6.45) is 0. The molecule has 0 fully saturated rings. The maximum Gasteiger partial charge on any atom is 0.339 e. The zero-order chi connectivity index (χ0) is 17.1. The highest BCUT2D eigenvalue weighted by atomic mass is 32.1. The van der Waals surface area contributed by atoms with E-state index in [1.54, 1.807) is 6.07 Å². The van der Waals surface area contributed by atoms with E-state index in [2.05, 4.69) is 5.32 Å². The molecule has 0 aliphatic carbocycles. The molecule has 0 bridgehead atoms. The quantitative estimate of drug-likeness (QED) is 0.721. The fraction of sp³-hybridized carbons (Fsp3) is 0.158. The van der Waals surface area contributed by atoms with Crippen LogP contribution in [0.4, 0.5) is 5.69 Å². The van der Waals surface area contributed by atoms with Crippen LogP contribution in [0.3, 0.4) is 0 Å². The third-order valence-electron chi connectivity index (χ3n) is 3.63. The van der Waals surface area contributed by atoms with E-state index >= 15 is 0 Å². The lowest BCUT2D eigenvalue weighted by atomic mass is 10.1. The zero-order valence-corrected chi connectivity index (χ0v) is 14.3. The van der Waals surface area contributed by atoms with E-state index in [1.165, 1.54) is 11.3 Å². The van der Waals surface area contributed by atoms with Crippen LogP contribution in [0.1, 0.15) is 20.1 Å². The standard InChI is InChI=1S/C19H17NO3S/c1-12-9-17(13(2)24-12)19(22)23-11-18(21)20-16-8-7-14-5-3-4-6-15(14)10-16/h3-10H,11H2,1-2H3,(H,20,21). The number of esters is 1. The van der Waals surface area contributed by atoms with Crippen LogP contribution in [0.25, 0.3) is 10.8 Å². The molecule has 5 heteroatoms. The van der Waals surface area contributed by atoms with Crippen molar-refractivity contribution in [3.63, 3.8) is 0 Å². The summed E-state index contributed by atoms with van der Waals surface area (Å²) in [5.41, 5.74) is 1.20. The summed E-state index contributed by atoms with van der Waals surface area (Å²) in [7, 11) is 0. The van der Waals surface area contributed by atoms with Crippen molar-refractivity contribution < 1.29 is 14.3 Å². The predicted molar refractivity (Wildman–Crippen MR) is 96.7 cm³/mol. The molecule has 0 aliphatic heterocycles. The summed E-state index contributed by atoms with van der Waals surface area (Å²) in [6.45, 7) is 3.49. The fourth-order valence-electron chi connectivity index (χ4n) is 2.51. The molecule has 4 nitrogen and oxygen atoms in total. The van der Waals surface area contributed by atoms with Crippen molar-refractivity contribution in [2.45, 2.75) is 13.8 Å². The molecule has 1 heterocycles. The Bertz CT molecular complexity index is 914. The van der Waals surface area contributed by atoms with Crippen molar-refractivity contribution in [2.75, 3.05) is 11.9 Å². The first-order valence-corrected chi connectivity index (χ1v) is 8.37. The van der Waals surface area contributed by atoms with Crippen molar-refractivity contribution in [1.29, 1.82) is 0 Å². The third-order valence-corrected chi connectivity index (χ3v) is 4.59. The number of carbonyl (C=O) groups is 2. The van der Waals surface area contributed by atoms with Gasteiger partial charge in [0.2, 0.25) is 0 Å². The van der Waals surface area contributed by atoms with Crippen LogP contribution in [0, 0.1) is 13.8 Å². The topological polar surface area (TPSA) is 55.4 Å². The third kappa shape index (κ3) is 3.63. The van der Waals surface area contributed by atoms with Gasteiger partial charge in [-0.1, -0.05) is 30.3 Å². The molecule has 24 heavy (non-hydrogen) atoms. The Morgan fingerprint density at radius 3 is 2.50 bits per heavy atom. The molecule has 1 N–H and O–H groups in total. The van der Waals surface area contributed by atoms with Gasteiger partial charge in [0.15, 0.2) is 6.61 Å². The molecular formula is C19H17NO3S. The molecule has 2 aromatic carbocycles. The molecule has 0 saturated carbocycles. The van der Waals surface area contributed by atoms with Crippen LogP contribution < -0.4 is 5.32 Å². The SMILES string of the molecule is Cc1cc(C(=O)OCC(=O)Nc2ccc3ccccc3c2)c(C)s1. The van der Waals surface area contributed by atoms with Crippen LogP contribution in [-0.2, 0) is 9.53 Å². The Morgan fingerprint density at radius 1 is 1.04 bits per heavy atom. The first-order valence-electron chi connectivity index (χ1n) is 7.56. The normalized spacial score (nSPS) is 10.6. The van der Waals surface area contributed by atoms with Gasteiger partial charge in [-0.25, -0.2) is 4.79 Å². The van der Waals surface area contributed by atoms with E-state index in [9.17, 15) is 9.59 Å². The van der Waals surface area contributed by atoms with Gasteiger partial charge in [0.1, 0.15) is 0 Å². The number of fused-ring (bicyclic) bond motifs is 1. The minimum atomic E-state index is -0.467. The highest BCUT2D eigenvalue weighted by molar-refractivity contribution is 7.12. The summed E-state index contributed by atoms with van der Waals surface area (Å²) in [5, 5.41) is 4.89. The van der Waals surface area contributed by atoms with Crippen LogP contribution in [0.15, 0.2) is 48.5 Å². The van der Waals surface area contributed by atoms with E-state index in [0.29, 0.717) is 11.3 Å². The number of nitrogens with one attached hydrogen (secondary N) is 1. The lowest BCUT2D eigenvalue weighted by Gasteiger charge is -2.07. The smallest absolute Gasteiger partial charge is 0.339 e. The number of thiophene rings is 1. The monoisotopic (exact) mass is 339 g/mol. The molecule has 0 radical (unpaired) electrons. The van der Waals surface area contributed by atoms with Gasteiger partial charge in [0.25, 0.3) is 5.91 Å². The number of rotatable bonds is 4. The lowest BCUT2D eigenvalue weighted by molar-refractivity contribution is -0.119. The second-order valence-corrected chi connectivity index (χ2v) is 6.97. The number of anilines is 1. The van der Waals surface area contributed by atoms with E-state index < -0.39 is 5.97 Å². The number of carbonyl (C=O) groups excluding carboxylic acids is 2. The van der Waals surface area contributed by atoms with Gasteiger partial charge >= 0.3 is 5.97 Å². The van der Waals surface area contributed by atoms with Gasteiger partial charge in [-0.05, 0) is 42.8 Å². The lowest BCUT2D eigenvalue weighted by Crippen LogP contribution is -2.21.